The lowest BCUT2D eigenvalue weighted by atomic mass is 9.78. The van der Waals surface area contributed by atoms with Crippen molar-refractivity contribution in [2.45, 2.75) is 110 Å². The van der Waals surface area contributed by atoms with E-state index >= 15 is 0 Å². The Morgan fingerprint density at radius 2 is 1.46 bits per heavy atom. The van der Waals surface area contributed by atoms with Crippen LogP contribution in [-0.4, -0.2) is 19.5 Å². The van der Waals surface area contributed by atoms with Gasteiger partial charge in [0.15, 0.2) is 6.29 Å². The fraction of sp³-hybridized carbons (Fsp3) is 0.957. The minimum absolute atomic E-state index is 0.0619. The SMILES string of the molecule is CCCCCCC[C@]1(C#N)CO[C@@H]([C@H]2CC[C@H](CCCCC)CC2)OC1. The van der Waals surface area contributed by atoms with Crippen molar-refractivity contribution in [1.29, 1.82) is 5.26 Å². The van der Waals surface area contributed by atoms with Crippen molar-refractivity contribution in [1.82, 2.24) is 0 Å². The van der Waals surface area contributed by atoms with E-state index in [0.717, 1.165) is 18.8 Å². The van der Waals surface area contributed by atoms with E-state index in [1.165, 1.54) is 77.0 Å². The predicted molar refractivity (Wildman–Crippen MR) is 107 cm³/mol. The molecule has 0 atom stereocenters. The summed E-state index contributed by atoms with van der Waals surface area (Å²) in [7, 11) is 0. The first-order valence-corrected chi connectivity index (χ1v) is 11.4. The smallest absolute Gasteiger partial charge is 0.160 e. The third-order valence-corrected chi connectivity index (χ3v) is 6.54. The standard InChI is InChI=1S/C23H41NO2/c1-3-5-7-8-10-16-23(17-24)18-25-22(26-19-23)21-14-12-20(13-15-21)11-9-6-4-2/h20-22H,3-16,18-19H2,1-2H3/t20-,21-,22-,23+. The van der Waals surface area contributed by atoms with Crippen molar-refractivity contribution < 1.29 is 9.47 Å². The van der Waals surface area contributed by atoms with Gasteiger partial charge < -0.3 is 9.47 Å². The molecule has 0 aromatic carbocycles. The van der Waals surface area contributed by atoms with Gasteiger partial charge in [0.1, 0.15) is 5.41 Å². The lowest BCUT2D eigenvalue weighted by Crippen LogP contribution is -2.44. The Hall–Kier alpha value is -0.590. The summed E-state index contributed by atoms with van der Waals surface area (Å²) in [6, 6.07) is 2.52. The normalized spacial score (nSPS) is 32.3. The molecule has 1 saturated carbocycles. The van der Waals surface area contributed by atoms with Crippen LogP contribution < -0.4 is 0 Å². The van der Waals surface area contributed by atoms with Crippen LogP contribution in [0.4, 0.5) is 0 Å². The number of nitriles is 1. The lowest BCUT2D eigenvalue weighted by molar-refractivity contribution is -0.244. The highest BCUT2D eigenvalue weighted by Gasteiger charge is 2.40. The second kappa shape index (κ2) is 12.0. The average molecular weight is 364 g/mol. The zero-order valence-electron chi connectivity index (χ0n) is 17.3. The van der Waals surface area contributed by atoms with Crippen LogP contribution in [0.2, 0.25) is 0 Å². The van der Waals surface area contributed by atoms with Crippen LogP contribution in [0.3, 0.4) is 0 Å². The zero-order chi connectivity index (χ0) is 18.7. The molecule has 0 bridgehead atoms. The maximum atomic E-state index is 9.67. The van der Waals surface area contributed by atoms with E-state index in [2.05, 4.69) is 19.9 Å². The molecule has 2 aliphatic rings. The van der Waals surface area contributed by atoms with Crippen molar-refractivity contribution in [2.75, 3.05) is 13.2 Å². The Balaban J connectivity index is 1.66. The molecule has 26 heavy (non-hydrogen) atoms. The average Bonchev–Trinajstić information content (AvgIpc) is 2.69. The van der Waals surface area contributed by atoms with E-state index in [1.54, 1.807) is 0 Å². The molecular formula is C23H41NO2. The van der Waals surface area contributed by atoms with E-state index in [9.17, 15) is 5.26 Å². The molecule has 150 valence electrons. The zero-order valence-corrected chi connectivity index (χ0v) is 17.3. The first kappa shape index (κ1) is 21.7. The van der Waals surface area contributed by atoms with E-state index in [4.69, 9.17) is 9.47 Å². The van der Waals surface area contributed by atoms with E-state index < -0.39 is 5.41 Å². The second-order valence-electron chi connectivity index (χ2n) is 8.82. The Kier molecular flexibility index (Phi) is 10.0. The number of nitrogens with zero attached hydrogens (tertiary/aromatic N) is 1. The number of hydrogen-bond acceptors (Lipinski definition) is 3. The van der Waals surface area contributed by atoms with Gasteiger partial charge in [-0.25, -0.2) is 0 Å². The largest absolute Gasteiger partial charge is 0.351 e. The van der Waals surface area contributed by atoms with Gasteiger partial charge in [0.05, 0.1) is 19.3 Å². The topological polar surface area (TPSA) is 42.2 Å². The highest BCUT2D eigenvalue weighted by atomic mass is 16.7. The van der Waals surface area contributed by atoms with Gasteiger partial charge >= 0.3 is 0 Å². The molecule has 0 unspecified atom stereocenters. The fourth-order valence-electron chi connectivity index (χ4n) is 4.61. The van der Waals surface area contributed by atoms with Gasteiger partial charge in [-0.2, -0.15) is 5.26 Å². The molecular weight excluding hydrogens is 322 g/mol. The molecule has 3 heteroatoms. The van der Waals surface area contributed by atoms with Crippen LogP contribution in [0.25, 0.3) is 0 Å². The summed E-state index contributed by atoms with van der Waals surface area (Å²) in [4.78, 5) is 0. The second-order valence-corrected chi connectivity index (χ2v) is 8.82. The summed E-state index contributed by atoms with van der Waals surface area (Å²) < 4.78 is 12.2. The molecule has 3 nitrogen and oxygen atoms in total. The molecule has 2 rings (SSSR count). The van der Waals surface area contributed by atoms with Gasteiger partial charge in [-0.3, -0.25) is 0 Å². The first-order chi connectivity index (χ1) is 12.7. The molecule has 0 aromatic heterocycles. The Morgan fingerprint density at radius 3 is 2.08 bits per heavy atom. The molecule has 0 N–H and O–H groups in total. The van der Waals surface area contributed by atoms with Crippen LogP contribution in [0, 0.1) is 28.6 Å². The van der Waals surface area contributed by atoms with Gasteiger partial charge in [0.25, 0.3) is 0 Å². The highest BCUT2D eigenvalue weighted by molar-refractivity contribution is 5.00. The van der Waals surface area contributed by atoms with Crippen molar-refractivity contribution in [3.63, 3.8) is 0 Å². The highest BCUT2D eigenvalue weighted by Crippen LogP contribution is 2.38. The summed E-state index contributed by atoms with van der Waals surface area (Å²) in [6.07, 6.45) is 17.7. The quantitative estimate of drug-likeness (QED) is 0.387. The van der Waals surface area contributed by atoms with E-state index in [0.29, 0.717) is 19.1 Å². The monoisotopic (exact) mass is 363 g/mol. The third-order valence-electron chi connectivity index (χ3n) is 6.54. The molecule has 0 aromatic rings. The van der Waals surface area contributed by atoms with Crippen LogP contribution in [0.1, 0.15) is 104 Å². The summed E-state index contributed by atoms with van der Waals surface area (Å²) in [5.74, 6) is 1.46. The Bertz CT molecular complexity index is 401. The van der Waals surface area contributed by atoms with Gasteiger partial charge in [-0.05, 0) is 38.0 Å². The van der Waals surface area contributed by atoms with Crippen LogP contribution in [0.15, 0.2) is 0 Å². The molecule has 0 spiro atoms. The van der Waals surface area contributed by atoms with Crippen LogP contribution in [0.5, 0.6) is 0 Å². The van der Waals surface area contributed by atoms with Crippen LogP contribution in [-0.2, 0) is 9.47 Å². The summed E-state index contributed by atoms with van der Waals surface area (Å²) in [6.45, 7) is 5.65. The fourth-order valence-corrected chi connectivity index (χ4v) is 4.61. The number of ether oxygens (including phenoxy) is 2. The first-order valence-electron chi connectivity index (χ1n) is 11.4. The van der Waals surface area contributed by atoms with Crippen molar-refractivity contribution >= 4 is 0 Å². The number of hydrogen-bond donors (Lipinski definition) is 0. The number of unbranched alkanes of at least 4 members (excludes halogenated alkanes) is 6. The lowest BCUT2D eigenvalue weighted by Gasteiger charge is -2.40. The molecule has 2 fully saturated rings. The summed E-state index contributed by atoms with van der Waals surface area (Å²) >= 11 is 0. The van der Waals surface area contributed by atoms with E-state index in [1.807, 2.05) is 0 Å². The van der Waals surface area contributed by atoms with Gasteiger partial charge in [-0.15, -0.1) is 0 Å². The summed E-state index contributed by atoms with van der Waals surface area (Å²) in [5.41, 5.74) is -0.403. The van der Waals surface area contributed by atoms with Crippen LogP contribution >= 0.6 is 0 Å². The van der Waals surface area contributed by atoms with E-state index in [-0.39, 0.29) is 6.29 Å². The Labute approximate surface area is 161 Å². The molecule has 1 heterocycles. The summed E-state index contributed by atoms with van der Waals surface area (Å²) in [5, 5.41) is 9.67. The molecule has 0 radical (unpaired) electrons. The van der Waals surface area contributed by atoms with Crippen molar-refractivity contribution in [2.24, 2.45) is 17.3 Å². The van der Waals surface area contributed by atoms with Gasteiger partial charge in [0, 0.05) is 5.92 Å². The Morgan fingerprint density at radius 1 is 0.846 bits per heavy atom. The van der Waals surface area contributed by atoms with Crippen molar-refractivity contribution in [3.8, 4) is 6.07 Å². The number of rotatable bonds is 11. The minimum atomic E-state index is -0.403. The third kappa shape index (κ3) is 6.86. The predicted octanol–water partition coefficient (Wildman–Crippen LogP) is 6.62. The molecule has 0 amide bonds. The maximum Gasteiger partial charge on any atom is 0.160 e. The maximum absolute atomic E-state index is 9.67. The van der Waals surface area contributed by atoms with Gasteiger partial charge in [0.2, 0.25) is 0 Å². The minimum Gasteiger partial charge on any atom is -0.351 e. The van der Waals surface area contributed by atoms with Crippen molar-refractivity contribution in [3.05, 3.63) is 0 Å². The van der Waals surface area contributed by atoms with Gasteiger partial charge in [-0.1, -0.05) is 71.6 Å². The molecule has 1 aliphatic carbocycles. The molecule has 1 aliphatic heterocycles. The molecule has 1 saturated heterocycles.